The van der Waals surface area contributed by atoms with Crippen molar-refractivity contribution in [2.45, 2.75) is 51.6 Å². The summed E-state index contributed by atoms with van der Waals surface area (Å²) in [7, 11) is 0. The van der Waals surface area contributed by atoms with Crippen molar-refractivity contribution in [3.05, 3.63) is 29.6 Å². The Hall–Kier alpha value is -1.42. The van der Waals surface area contributed by atoms with Crippen LogP contribution in [0, 0.1) is 6.92 Å². The summed E-state index contributed by atoms with van der Waals surface area (Å²) in [4.78, 5) is 21.7. The Morgan fingerprint density at radius 1 is 1.24 bits per heavy atom. The zero-order chi connectivity index (χ0) is 14.8. The van der Waals surface area contributed by atoms with Crippen molar-refractivity contribution >= 4 is 5.91 Å². The van der Waals surface area contributed by atoms with Gasteiger partial charge in [0.15, 0.2) is 0 Å². The number of carbonyl (C=O) groups excluding carboxylic acids is 1. The molecule has 1 aromatic rings. The molecule has 0 bridgehead atoms. The predicted molar refractivity (Wildman–Crippen MR) is 83.3 cm³/mol. The summed E-state index contributed by atoms with van der Waals surface area (Å²) in [5.74, 6) is 0.160. The molecule has 0 N–H and O–H groups in total. The zero-order valence-electron chi connectivity index (χ0n) is 13.1. The van der Waals surface area contributed by atoms with E-state index in [-0.39, 0.29) is 5.91 Å². The van der Waals surface area contributed by atoms with Crippen LogP contribution in [0.15, 0.2) is 18.3 Å². The minimum Gasteiger partial charge on any atom is -0.334 e. The van der Waals surface area contributed by atoms with Gasteiger partial charge in [-0.3, -0.25) is 14.7 Å². The van der Waals surface area contributed by atoms with Crippen molar-refractivity contribution in [1.82, 2.24) is 14.8 Å². The molecule has 0 aliphatic carbocycles. The van der Waals surface area contributed by atoms with E-state index in [1.54, 1.807) is 6.20 Å². The Labute approximate surface area is 127 Å². The number of hydrogen-bond acceptors (Lipinski definition) is 3. The molecule has 1 aromatic heterocycles. The van der Waals surface area contributed by atoms with Gasteiger partial charge >= 0.3 is 0 Å². The molecule has 0 saturated carbocycles. The number of nitrogens with zero attached hydrogens (tertiary/aromatic N) is 3. The number of aromatic nitrogens is 1. The van der Waals surface area contributed by atoms with E-state index in [2.05, 4.69) is 21.7 Å². The zero-order valence-corrected chi connectivity index (χ0v) is 13.1. The molecule has 2 fully saturated rings. The monoisotopic (exact) mass is 287 g/mol. The lowest BCUT2D eigenvalue weighted by Gasteiger charge is -2.34. The van der Waals surface area contributed by atoms with Crippen molar-refractivity contribution in [2.75, 3.05) is 19.6 Å². The molecule has 0 aromatic carbocycles. The highest BCUT2D eigenvalue weighted by Gasteiger charge is 2.39. The molecule has 2 saturated heterocycles. The first-order valence-corrected chi connectivity index (χ1v) is 8.18. The standard InChI is InChI=1S/C17H25N3O/c1-3-19-10-4-6-15(19)16-7-5-11-20(16)17(21)14-9-8-13(2)18-12-14/h8-9,12,15-16H,3-7,10-11H2,1-2H3/t15-,16+/m0/s1. The molecular weight excluding hydrogens is 262 g/mol. The third-order valence-corrected chi connectivity index (χ3v) is 4.98. The maximum Gasteiger partial charge on any atom is 0.255 e. The molecule has 2 atom stereocenters. The van der Waals surface area contributed by atoms with E-state index in [0.717, 1.165) is 37.2 Å². The van der Waals surface area contributed by atoms with Gasteiger partial charge in [-0.2, -0.15) is 0 Å². The quantitative estimate of drug-likeness (QED) is 0.857. The minimum atomic E-state index is 0.160. The van der Waals surface area contributed by atoms with Crippen LogP contribution in [-0.4, -0.2) is 52.4 Å². The SMILES string of the molecule is CCN1CCC[C@H]1[C@H]1CCCN1C(=O)c1ccc(C)nc1. The van der Waals surface area contributed by atoms with Gasteiger partial charge in [-0.15, -0.1) is 0 Å². The van der Waals surface area contributed by atoms with Crippen molar-refractivity contribution in [3.63, 3.8) is 0 Å². The number of amides is 1. The highest BCUT2D eigenvalue weighted by atomic mass is 16.2. The second-order valence-corrected chi connectivity index (χ2v) is 6.23. The average Bonchev–Trinajstić information content (AvgIpc) is 3.15. The van der Waals surface area contributed by atoms with Gasteiger partial charge in [-0.1, -0.05) is 6.92 Å². The summed E-state index contributed by atoms with van der Waals surface area (Å²) >= 11 is 0. The first-order valence-electron chi connectivity index (χ1n) is 8.18. The van der Waals surface area contributed by atoms with E-state index < -0.39 is 0 Å². The second kappa shape index (κ2) is 6.14. The van der Waals surface area contributed by atoms with Gasteiger partial charge < -0.3 is 4.90 Å². The number of likely N-dealkylation sites (tertiary alicyclic amines) is 2. The van der Waals surface area contributed by atoms with Crippen molar-refractivity contribution in [2.24, 2.45) is 0 Å². The van der Waals surface area contributed by atoms with E-state index in [0.29, 0.717) is 12.1 Å². The molecule has 2 aliphatic heterocycles. The third kappa shape index (κ3) is 2.82. The summed E-state index contributed by atoms with van der Waals surface area (Å²) in [6, 6.07) is 4.78. The van der Waals surface area contributed by atoms with E-state index in [9.17, 15) is 4.79 Å². The Balaban J connectivity index is 1.77. The molecule has 3 heterocycles. The summed E-state index contributed by atoms with van der Waals surface area (Å²) in [5, 5.41) is 0. The number of likely N-dealkylation sites (N-methyl/N-ethyl adjacent to an activating group) is 1. The van der Waals surface area contributed by atoms with Crippen LogP contribution >= 0.6 is 0 Å². The van der Waals surface area contributed by atoms with Crippen molar-refractivity contribution < 1.29 is 4.79 Å². The molecular formula is C17H25N3O. The summed E-state index contributed by atoms with van der Waals surface area (Å²) in [5.41, 5.74) is 1.69. The predicted octanol–water partition coefficient (Wildman–Crippen LogP) is 2.48. The lowest BCUT2D eigenvalue weighted by atomic mass is 10.0. The number of carbonyl (C=O) groups is 1. The third-order valence-electron chi connectivity index (χ3n) is 4.98. The fraction of sp³-hybridized carbons (Fsp3) is 0.647. The maximum absolute atomic E-state index is 12.8. The number of aryl methyl sites for hydroxylation is 1. The van der Waals surface area contributed by atoms with E-state index in [1.807, 2.05) is 19.1 Å². The Morgan fingerprint density at radius 2 is 2.00 bits per heavy atom. The Bertz CT molecular complexity index is 499. The van der Waals surface area contributed by atoms with Gasteiger partial charge in [0.2, 0.25) is 0 Å². The first kappa shape index (κ1) is 14.5. The molecule has 4 nitrogen and oxygen atoms in total. The highest BCUT2D eigenvalue weighted by Crippen LogP contribution is 2.30. The summed E-state index contributed by atoms with van der Waals surface area (Å²) < 4.78 is 0. The van der Waals surface area contributed by atoms with Crippen LogP contribution in [0.25, 0.3) is 0 Å². The van der Waals surface area contributed by atoms with Crippen LogP contribution in [0.5, 0.6) is 0 Å². The molecule has 21 heavy (non-hydrogen) atoms. The van der Waals surface area contributed by atoms with E-state index >= 15 is 0 Å². The maximum atomic E-state index is 12.8. The lowest BCUT2D eigenvalue weighted by molar-refractivity contribution is 0.0649. The molecule has 114 valence electrons. The Kier molecular flexibility index (Phi) is 4.24. The lowest BCUT2D eigenvalue weighted by Crippen LogP contribution is -2.48. The van der Waals surface area contributed by atoms with Gasteiger partial charge in [0.25, 0.3) is 5.91 Å². The first-order chi connectivity index (χ1) is 10.2. The van der Waals surface area contributed by atoms with E-state index in [4.69, 9.17) is 0 Å². The number of rotatable bonds is 3. The normalized spacial score (nSPS) is 26.5. The van der Waals surface area contributed by atoms with Gasteiger partial charge in [-0.05, 0) is 57.8 Å². The smallest absolute Gasteiger partial charge is 0.255 e. The molecule has 2 aliphatic rings. The molecule has 3 rings (SSSR count). The topological polar surface area (TPSA) is 36.4 Å². The van der Waals surface area contributed by atoms with Gasteiger partial charge in [-0.25, -0.2) is 0 Å². The van der Waals surface area contributed by atoms with Gasteiger partial charge in [0, 0.05) is 30.5 Å². The largest absolute Gasteiger partial charge is 0.334 e. The second-order valence-electron chi connectivity index (χ2n) is 6.23. The van der Waals surface area contributed by atoms with Crippen LogP contribution in [0.3, 0.4) is 0 Å². The molecule has 0 spiro atoms. The molecule has 1 amide bonds. The van der Waals surface area contributed by atoms with Crippen LogP contribution in [0.1, 0.15) is 48.7 Å². The molecule has 4 heteroatoms. The van der Waals surface area contributed by atoms with Crippen LogP contribution in [0.2, 0.25) is 0 Å². The summed E-state index contributed by atoms with van der Waals surface area (Å²) in [6.07, 6.45) is 6.49. The van der Waals surface area contributed by atoms with Crippen LogP contribution in [0.4, 0.5) is 0 Å². The fourth-order valence-corrected chi connectivity index (χ4v) is 3.89. The average molecular weight is 287 g/mol. The van der Waals surface area contributed by atoms with Crippen molar-refractivity contribution in [1.29, 1.82) is 0 Å². The van der Waals surface area contributed by atoms with E-state index in [1.165, 1.54) is 19.4 Å². The Morgan fingerprint density at radius 3 is 2.71 bits per heavy atom. The van der Waals surface area contributed by atoms with Crippen molar-refractivity contribution in [3.8, 4) is 0 Å². The van der Waals surface area contributed by atoms with Gasteiger partial charge in [0.1, 0.15) is 0 Å². The minimum absolute atomic E-state index is 0.160. The van der Waals surface area contributed by atoms with Gasteiger partial charge in [0.05, 0.1) is 5.56 Å². The fourth-order valence-electron chi connectivity index (χ4n) is 3.89. The highest BCUT2D eigenvalue weighted by molar-refractivity contribution is 5.94. The van der Waals surface area contributed by atoms with Crippen LogP contribution < -0.4 is 0 Å². The molecule has 0 radical (unpaired) electrons. The molecule has 0 unspecified atom stereocenters. The van der Waals surface area contributed by atoms with Crippen LogP contribution in [-0.2, 0) is 0 Å². The summed E-state index contributed by atoms with van der Waals surface area (Å²) in [6.45, 7) is 7.35. The number of hydrogen-bond donors (Lipinski definition) is 0. The number of pyridine rings is 1.